The summed E-state index contributed by atoms with van der Waals surface area (Å²) in [6.07, 6.45) is 1.10. The number of aliphatic hydroxyl groups excluding tert-OH is 1. The number of nitrogen functional groups attached to an aromatic ring is 1. The molecule has 2 rings (SSSR count). The van der Waals surface area contributed by atoms with Crippen LogP contribution in [0.5, 0.6) is 11.5 Å². The second kappa shape index (κ2) is 6.65. The van der Waals surface area contributed by atoms with E-state index in [1.807, 2.05) is 6.07 Å². The Morgan fingerprint density at radius 3 is 2.67 bits per heavy atom. The van der Waals surface area contributed by atoms with E-state index in [-0.39, 0.29) is 0 Å². The lowest BCUT2D eigenvalue weighted by Crippen LogP contribution is -2.07. The van der Waals surface area contributed by atoms with Crippen molar-refractivity contribution in [3.63, 3.8) is 0 Å². The monoisotopic (exact) mass is 308 g/mol. The molecule has 6 heteroatoms. The number of nitrogens with zero attached hydrogens (tertiary/aromatic N) is 1. The highest BCUT2D eigenvalue weighted by Crippen LogP contribution is 2.40. The van der Waals surface area contributed by atoms with Crippen molar-refractivity contribution in [1.29, 1.82) is 0 Å². The zero-order valence-electron chi connectivity index (χ0n) is 11.8. The summed E-state index contributed by atoms with van der Waals surface area (Å²) in [7, 11) is 3.03. The molecule has 3 N–H and O–H groups in total. The predicted octanol–water partition coefficient (Wildman–Crippen LogP) is 2.61. The van der Waals surface area contributed by atoms with Crippen LogP contribution >= 0.6 is 11.6 Å². The Labute approximate surface area is 128 Å². The molecule has 0 aliphatic heterocycles. The lowest BCUT2D eigenvalue weighted by Gasteiger charge is -2.17. The molecule has 0 aliphatic rings. The molecule has 21 heavy (non-hydrogen) atoms. The number of rotatable bonds is 5. The van der Waals surface area contributed by atoms with Gasteiger partial charge in [-0.2, -0.15) is 0 Å². The highest BCUT2D eigenvalue weighted by molar-refractivity contribution is 6.33. The Kier molecular flexibility index (Phi) is 4.88. The van der Waals surface area contributed by atoms with Gasteiger partial charge in [0.1, 0.15) is 5.82 Å². The van der Waals surface area contributed by atoms with Crippen molar-refractivity contribution < 1.29 is 14.6 Å². The van der Waals surface area contributed by atoms with E-state index in [0.29, 0.717) is 34.3 Å². The highest BCUT2D eigenvalue weighted by atomic mass is 35.5. The number of anilines is 1. The predicted molar refractivity (Wildman–Crippen MR) is 81.9 cm³/mol. The average molecular weight is 309 g/mol. The number of benzene rings is 1. The largest absolute Gasteiger partial charge is 0.493 e. The van der Waals surface area contributed by atoms with Gasteiger partial charge in [0.25, 0.3) is 0 Å². The van der Waals surface area contributed by atoms with E-state index in [1.165, 1.54) is 14.2 Å². The second-order valence-electron chi connectivity index (χ2n) is 4.47. The first-order chi connectivity index (χ1) is 10.1. The number of halogens is 1. The second-order valence-corrected chi connectivity index (χ2v) is 4.85. The summed E-state index contributed by atoms with van der Waals surface area (Å²) in [5.41, 5.74) is 7.10. The van der Waals surface area contributed by atoms with Gasteiger partial charge in [0, 0.05) is 18.2 Å². The fraction of sp³-hybridized carbons (Fsp3) is 0.267. The maximum Gasteiger partial charge on any atom is 0.179 e. The third-order valence-corrected chi connectivity index (χ3v) is 3.60. The molecule has 112 valence electrons. The summed E-state index contributed by atoms with van der Waals surface area (Å²) >= 11 is 6.28. The number of aliphatic hydroxyl groups is 1. The number of pyridine rings is 1. The van der Waals surface area contributed by atoms with Gasteiger partial charge in [0.15, 0.2) is 11.5 Å². The van der Waals surface area contributed by atoms with Gasteiger partial charge in [-0.1, -0.05) is 23.7 Å². The normalized spacial score (nSPS) is 12.0. The SMILES string of the molecule is COc1ccc(C(O)Cc2cccnc2N)c(Cl)c1OC. The van der Waals surface area contributed by atoms with Crippen molar-refractivity contribution in [2.24, 2.45) is 0 Å². The molecule has 0 fully saturated rings. The minimum Gasteiger partial charge on any atom is -0.493 e. The standard InChI is InChI=1S/C15H17ClN2O3/c1-20-12-6-5-10(13(16)14(12)21-2)11(19)8-9-4-3-7-18-15(9)17/h3-7,11,19H,8H2,1-2H3,(H2,17,18). The Morgan fingerprint density at radius 1 is 1.29 bits per heavy atom. The molecule has 1 aromatic heterocycles. The molecule has 0 spiro atoms. The fourth-order valence-corrected chi connectivity index (χ4v) is 2.46. The zero-order chi connectivity index (χ0) is 15.4. The van der Waals surface area contributed by atoms with Crippen LogP contribution in [-0.4, -0.2) is 24.3 Å². The number of aromatic nitrogens is 1. The number of hydrogen-bond donors (Lipinski definition) is 2. The van der Waals surface area contributed by atoms with Crippen LogP contribution in [0, 0.1) is 0 Å². The van der Waals surface area contributed by atoms with Crippen LogP contribution in [0.15, 0.2) is 30.5 Å². The molecule has 0 saturated carbocycles. The van der Waals surface area contributed by atoms with Crippen molar-refractivity contribution >= 4 is 17.4 Å². The molecule has 1 heterocycles. The van der Waals surface area contributed by atoms with Crippen LogP contribution in [0.1, 0.15) is 17.2 Å². The Hall–Kier alpha value is -1.98. The van der Waals surface area contributed by atoms with E-state index < -0.39 is 6.10 Å². The van der Waals surface area contributed by atoms with E-state index in [1.54, 1.807) is 24.4 Å². The minimum absolute atomic E-state index is 0.314. The van der Waals surface area contributed by atoms with Crippen molar-refractivity contribution in [3.8, 4) is 11.5 Å². The average Bonchev–Trinajstić information content (AvgIpc) is 2.49. The van der Waals surface area contributed by atoms with Gasteiger partial charge >= 0.3 is 0 Å². The van der Waals surface area contributed by atoms with Gasteiger partial charge in [0.05, 0.1) is 25.3 Å². The van der Waals surface area contributed by atoms with Crippen LogP contribution in [-0.2, 0) is 6.42 Å². The van der Waals surface area contributed by atoms with E-state index in [9.17, 15) is 5.11 Å². The molecule has 1 aromatic carbocycles. The molecule has 1 unspecified atom stereocenters. The topological polar surface area (TPSA) is 77.6 Å². The van der Waals surface area contributed by atoms with Crippen molar-refractivity contribution in [2.45, 2.75) is 12.5 Å². The third kappa shape index (κ3) is 3.20. The molecular formula is C15H17ClN2O3. The third-order valence-electron chi connectivity index (χ3n) is 3.21. The Morgan fingerprint density at radius 2 is 2.05 bits per heavy atom. The number of ether oxygens (including phenoxy) is 2. The number of hydrogen-bond acceptors (Lipinski definition) is 5. The van der Waals surface area contributed by atoms with Crippen LogP contribution < -0.4 is 15.2 Å². The fourth-order valence-electron chi connectivity index (χ4n) is 2.10. The first-order valence-electron chi connectivity index (χ1n) is 6.36. The van der Waals surface area contributed by atoms with E-state index in [0.717, 1.165) is 5.56 Å². The Balaban J connectivity index is 2.32. The van der Waals surface area contributed by atoms with Crippen molar-refractivity contribution in [1.82, 2.24) is 4.98 Å². The van der Waals surface area contributed by atoms with Crippen molar-refractivity contribution in [2.75, 3.05) is 20.0 Å². The lowest BCUT2D eigenvalue weighted by molar-refractivity contribution is 0.178. The van der Waals surface area contributed by atoms with Gasteiger partial charge in [-0.05, 0) is 17.7 Å². The molecular weight excluding hydrogens is 292 g/mol. The van der Waals surface area contributed by atoms with Gasteiger partial charge in [-0.3, -0.25) is 0 Å². The summed E-state index contributed by atoms with van der Waals surface area (Å²) in [5, 5.41) is 10.7. The lowest BCUT2D eigenvalue weighted by atomic mass is 10.0. The van der Waals surface area contributed by atoms with Crippen LogP contribution in [0.2, 0.25) is 5.02 Å². The van der Waals surface area contributed by atoms with E-state index in [4.69, 9.17) is 26.8 Å². The minimum atomic E-state index is -0.816. The van der Waals surface area contributed by atoms with Crippen LogP contribution in [0.25, 0.3) is 0 Å². The maximum atomic E-state index is 10.4. The van der Waals surface area contributed by atoms with Gasteiger partial charge in [-0.25, -0.2) is 4.98 Å². The van der Waals surface area contributed by atoms with Crippen molar-refractivity contribution in [3.05, 3.63) is 46.6 Å². The van der Waals surface area contributed by atoms with Gasteiger partial charge in [0.2, 0.25) is 0 Å². The summed E-state index contributed by atoms with van der Waals surface area (Å²) in [5.74, 6) is 1.31. The van der Waals surface area contributed by atoms with E-state index >= 15 is 0 Å². The number of methoxy groups -OCH3 is 2. The summed E-state index contributed by atoms with van der Waals surface area (Å²) in [6, 6.07) is 7.01. The maximum absolute atomic E-state index is 10.4. The highest BCUT2D eigenvalue weighted by Gasteiger charge is 2.19. The summed E-state index contributed by atoms with van der Waals surface area (Å²) in [6.45, 7) is 0. The Bertz CT molecular complexity index is 634. The molecule has 0 amide bonds. The first-order valence-corrected chi connectivity index (χ1v) is 6.74. The molecule has 0 bridgehead atoms. The molecule has 2 aromatic rings. The van der Waals surface area contributed by atoms with E-state index in [2.05, 4.69) is 4.98 Å². The first kappa shape index (κ1) is 15.4. The molecule has 0 radical (unpaired) electrons. The van der Waals surface area contributed by atoms with Crippen LogP contribution in [0.4, 0.5) is 5.82 Å². The molecule has 0 saturated heterocycles. The van der Waals surface area contributed by atoms with Crippen LogP contribution in [0.3, 0.4) is 0 Å². The molecule has 0 aliphatic carbocycles. The molecule has 1 atom stereocenters. The van der Waals surface area contributed by atoms with Gasteiger partial charge < -0.3 is 20.3 Å². The number of nitrogens with two attached hydrogens (primary N) is 1. The smallest absolute Gasteiger partial charge is 0.179 e. The van der Waals surface area contributed by atoms with Gasteiger partial charge in [-0.15, -0.1) is 0 Å². The zero-order valence-corrected chi connectivity index (χ0v) is 12.6. The molecule has 5 nitrogen and oxygen atoms in total. The summed E-state index contributed by atoms with van der Waals surface area (Å²) in [4.78, 5) is 4.00. The quantitative estimate of drug-likeness (QED) is 0.888. The summed E-state index contributed by atoms with van der Waals surface area (Å²) < 4.78 is 10.4.